The van der Waals surface area contributed by atoms with Gasteiger partial charge in [0.1, 0.15) is 11.6 Å². The number of hydrogen-bond donors (Lipinski definition) is 1. The molecule has 0 atom stereocenters. The van der Waals surface area contributed by atoms with Crippen molar-refractivity contribution in [3.8, 4) is 0 Å². The molecule has 128 valence electrons. The molecule has 7 heteroatoms. The van der Waals surface area contributed by atoms with Gasteiger partial charge in [-0.05, 0) is 31.9 Å². The summed E-state index contributed by atoms with van der Waals surface area (Å²) < 4.78 is 15.7. The van der Waals surface area contributed by atoms with Gasteiger partial charge in [-0.1, -0.05) is 43.2 Å². The number of para-hydroxylation sites is 1. The minimum atomic E-state index is -0.433. The van der Waals surface area contributed by atoms with Crippen LogP contribution >= 0.6 is 11.8 Å². The van der Waals surface area contributed by atoms with Gasteiger partial charge in [0.15, 0.2) is 5.16 Å². The lowest BCUT2D eigenvalue weighted by Gasteiger charge is -2.24. The number of hydrogen-bond acceptors (Lipinski definition) is 4. The number of nitrogens with one attached hydrogen (secondary N) is 1. The zero-order valence-corrected chi connectivity index (χ0v) is 14.5. The quantitative estimate of drug-likeness (QED) is 0.831. The molecule has 1 saturated carbocycles. The third-order valence-corrected chi connectivity index (χ3v) is 5.20. The van der Waals surface area contributed by atoms with Crippen LogP contribution in [-0.4, -0.2) is 26.4 Å². The van der Waals surface area contributed by atoms with Gasteiger partial charge in [0.25, 0.3) is 0 Å². The van der Waals surface area contributed by atoms with Gasteiger partial charge in [-0.25, -0.2) is 4.39 Å². The molecule has 5 nitrogen and oxygen atoms in total. The highest BCUT2D eigenvalue weighted by atomic mass is 32.2. The molecule has 0 aliphatic heterocycles. The predicted molar refractivity (Wildman–Crippen MR) is 92.6 cm³/mol. The molecule has 1 fully saturated rings. The van der Waals surface area contributed by atoms with Crippen molar-refractivity contribution in [1.29, 1.82) is 0 Å². The largest absolute Gasteiger partial charge is 0.323 e. The summed E-state index contributed by atoms with van der Waals surface area (Å²) >= 11 is 1.35. The molecule has 1 aliphatic rings. The number of nitrogens with zero attached hydrogens (tertiary/aromatic N) is 3. The Hall–Kier alpha value is -1.89. The molecular weight excluding hydrogens is 327 g/mol. The second kappa shape index (κ2) is 7.79. The van der Waals surface area contributed by atoms with Crippen LogP contribution in [0.3, 0.4) is 0 Å². The van der Waals surface area contributed by atoms with Gasteiger partial charge >= 0.3 is 0 Å². The molecule has 0 saturated heterocycles. The van der Waals surface area contributed by atoms with E-state index in [1.54, 1.807) is 18.2 Å². The van der Waals surface area contributed by atoms with Crippen LogP contribution in [0.2, 0.25) is 0 Å². The minimum absolute atomic E-state index is 0.180. The first kappa shape index (κ1) is 17.0. The summed E-state index contributed by atoms with van der Waals surface area (Å²) in [4.78, 5) is 12.1. The molecule has 0 radical (unpaired) electrons. The molecule has 1 amide bonds. The Morgan fingerprint density at radius 1 is 1.29 bits per heavy atom. The summed E-state index contributed by atoms with van der Waals surface area (Å²) in [5.74, 6) is 0.385. The van der Waals surface area contributed by atoms with Crippen molar-refractivity contribution in [1.82, 2.24) is 14.8 Å². The van der Waals surface area contributed by atoms with Crippen molar-refractivity contribution in [3.05, 3.63) is 35.9 Å². The monoisotopic (exact) mass is 348 g/mol. The summed E-state index contributed by atoms with van der Waals surface area (Å²) in [5, 5.41) is 11.7. The highest BCUT2D eigenvalue weighted by Crippen LogP contribution is 2.32. The Bertz CT molecular complexity index is 712. The van der Waals surface area contributed by atoms with E-state index in [2.05, 4.69) is 20.1 Å². The van der Waals surface area contributed by atoms with E-state index in [0.717, 1.165) is 23.8 Å². The third kappa shape index (κ3) is 3.95. The lowest BCUT2D eigenvalue weighted by Crippen LogP contribution is -2.17. The predicted octanol–water partition coefficient (Wildman–Crippen LogP) is 3.96. The van der Waals surface area contributed by atoms with Crippen LogP contribution in [0.5, 0.6) is 0 Å². The van der Waals surface area contributed by atoms with Gasteiger partial charge in [-0.3, -0.25) is 4.79 Å². The Morgan fingerprint density at radius 2 is 2.04 bits per heavy atom. The summed E-state index contributed by atoms with van der Waals surface area (Å²) in [6.07, 6.45) is 5.99. The minimum Gasteiger partial charge on any atom is -0.323 e. The fourth-order valence-electron chi connectivity index (χ4n) is 3.09. The number of anilines is 1. The van der Waals surface area contributed by atoms with Crippen LogP contribution in [-0.2, 0) is 4.79 Å². The molecule has 1 aliphatic carbocycles. The maximum Gasteiger partial charge on any atom is 0.234 e. The summed E-state index contributed by atoms with van der Waals surface area (Å²) in [5.41, 5.74) is 0.202. The number of rotatable bonds is 5. The average Bonchev–Trinajstić information content (AvgIpc) is 2.96. The maximum atomic E-state index is 13.6. The number of thioether (sulfide) groups is 1. The number of halogens is 1. The van der Waals surface area contributed by atoms with Crippen molar-refractivity contribution in [2.75, 3.05) is 11.1 Å². The van der Waals surface area contributed by atoms with Gasteiger partial charge in [-0.2, -0.15) is 0 Å². The first-order valence-corrected chi connectivity index (χ1v) is 9.22. The highest BCUT2D eigenvalue weighted by Gasteiger charge is 2.21. The average molecular weight is 348 g/mol. The fourth-order valence-corrected chi connectivity index (χ4v) is 3.94. The second-order valence-corrected chi connectivity index (χ2v) is 6.95. The second-order valence-electron chi connectivity index (χ2n) is 6.01. The Labute approximate surface area is 145 Å². The molecule has 1 aromatic carbocycles. The summed E-state index contributed by atoms with van der Waals surface area (Å²) in [6.45, 7) is 1.95. The van der Waals surface area contributed by atoms with Gasteiger partial charge in [-0.15, -0.1) is 10.2 Å². The Balaban J connectivity index is 1.62. The molecular formula is C17H21FN4OS. The van der Waals surface area contributed by atoms with Gasteiger partial charge in [0.2, 0.25) is 5.91 Å². The van der Waals surface area contributed by atoms with Crippen LogP contribution in [0, 0.1) is 12.7 Å². The van der Waals surface area contributed by atoms with Crippen molar-refractivity contribution >= 4 is 23.4 Å². The van der Waals surface area contributed by atoms with Gasteiger partial charge in [0, 0.05) is 6.04 Å². The van der Waals surface area contributed by atoms with Crippen molar-refractivity contribution in [3.63, 3.8) is 0 Å². The molecule has 1 N–H and O–H groups in total. The lowest BCUT2D eigenvalue weighted by atomic mass is 9.95. The Morgan fingerprint density at radius 3 is 2.79 bits per heavy atom. The molecule has 0 bridgehead atoms. The van der Waals surface area contributed by atoms with E-state index in [1.807, 2.05) is 6.92 Å². The third-order valence-electron chi connectivity index (χ3n) is 4.26. The summed E-state index contributed by atoms with van der Waals surface area (Å²) in [6, 6.07) is 6.58. The van der Waals surface area contributed by atoms with E-state index in [0.29, 0.717) is 6.04 Å². The van der Waals surface area contributed by atoms with E-state index >= 15 is 0 Å². The molecule has 1 aromatic heterocycles. The van der Waals surface area contributed by atoms with Crippen molar-refractivity contribution in [2.24, 2.45) is 0 Å². The van der Waals surface area contributed by atoms with Gasteiger partial charge < -0.3 is 9.88 Å². The zero-order valence-electron chi connectivity index (χ0n) is 13.7. The number of carbonyl (C=O) groups is 1. The van der Waals surface area contributed by atoms with E-state index < -0.39 is 5.82 Å². The van der Waals surface area contributed by atoms with E-state index in [1.165, 1.54) is 37.1 Å². The molecule has 24 heavy (non-hydrogen) atoms. The molecule has 0 unspecified atom stereocenters. The van der Waals surface area contributed by atoms with E-state index in [9.17, 15) is 9.18 Å². The first-order valence-electron chi connectivity index (χ1n) is 8.24. The van der Waals surface area contributed by atoms with Crippen molar-refractivity contribution < 1.29 is 9.18 Å². The van der Waals surface area contributed by atoms with Crippen LogP contribution in [0.1, 0.15) is 44.0 Å². The number of amides is 1. The normalized spacial score (nSPS) is 15.4. The van der Waals surface area contributed by atoms with E-state index in [4.69, 9.17) is 0 Å². The van der Waals surface area contributed by atoms with Crippen molar-refractivity contribution in [2.45, 2.75) is 50.2 Å². The topological polar surface area (TPSA) is 59.8 Å². The summed E-state index contributed by atoms with van der Waals surface area (Å²) in [7, 11) is 0. The lowest BCUT2D eigenvalue weighted by molar-refractivity contribution is -0.113. The SMILES string of the molecule is Cc1nnc(SCC(=O)Nc2ccccc2F)n1C1CCCCC1. The maximum absolute atomic E-state index is 13.6. The van der Waals surface area contributed by atoms with Crippen LogP contribution in [0.25, 0.3) is 0 Å². The molecule has 0 spiro atoms. The van der Waals surface area contributed by atoms with Crippen LogP contribution in [0.15, 0.2) is 29.4 Å². The number of carbonyl (C=O) groups excluding carboxylic acids is 1. The smallest absolute Gasteiger partial charge is 0.234 e. The molecule has 3 rings (SSSR count). The molecule has 1 heterocycles. The number of aryl methyl sites for hydroxylation is 1. The number of benzene rings is 1. The fraction of sp³-hybridized carbons (Fsp3) is 0.471. The first-order chi connectivity index (χ1) is 11.6. The molecule has 2 aromatic rings. The highest BCUT2D eigenvalue weighted by molar-refractivity contribution is 7.99. The Kier molecular flexibility index (Phi) is 5.50. The van der Waals surface area contributed by atoms with Crippen LogP contribution in [0.4, 0.5) is 10.1 Å². The van der Waals surface area contributed by atoms with Crippen LogP contribution < -0.4 is 5.32 Å². The standard InChI is InChI=1S/C17H21FN4OS/c1-12-20-21-17(22(12)13-7-3-2-4-8-13)24-11-16(23)19-15-10-6-5-9-14(15)18/h5-6,9-10,13H,2-4,7-8,11H2,1H3,(H,19,23). The van der Waals surface area contributed by atoms with Gasteiger partial charge in [0.05, 0.1) is 11.4 Å². The number of aromatic nitrogens is 3. The van der Waals surface area contributed by atoms with E-state index in [-0.39, 0.29) is 17.3 Å². The zero-order chi connectivity index (χ0) is 16.9.